The lowest BCUT2D eigenvalue weighted by atomic mass is 10.2. The fourth-order valence-corrected chi connectivity index (χ4v) is 1.21. The van der Waals surface area contributed by atoms with E-state index in [-0.39, 0.29) is 5.56 Å². The topological polar surface area (TPSA) is 62.5 Å². The number of hydrogen-bond donors (Lipinski definition) is 1. The maximum Gasteiger partial charge on any atom is 0.337 e. The zero-order valence-corrected chi connectivity index (χ0v) is 7.34. The van der Waals surface area contributed by atoms with Crippen molar-refractivity contribution >= 4 is 11.7 Å². The van der Waals surface area contributed by atoms with Crippen LogP contribution in [0.3, 0.4) is 0 Å². The average Bonchev–Trinajstić information content (AvgIpc) is 2.71. The molecule has 1 aromatic rings. The van der Waals surface area contributed by atoms with Gasteiger partial charge in [-0.2, -0.15) is 0 Å². The van der Waals surface area contributed by atoms with Crippen LogP contribution in [0.4, 0.5) is 0 Å². The number of hydrogen-bond acceptors (Lipinski definition) is 3. The van der Waals surface area contributed by atoms with Crippen LogP contribution >= 0.6 is 0 Å². The SMILES string of the molecule is O=C(O)c1ccc(C2=NCC=C2)nc1. The van der Waals surface area contributed by atoms with Gasteiger partial charge in [-0.3, -0.25) is 9.98 Å². The molecule has 0 atom stereocenters. The van der Waals surface area contributed by atoms with E-state index < -0.39 is 5.97 Å². The van der Waals surface area contributed by atoms with Crippen molar-refractivity contribution < 1.29 is 9.90 Å². The van der Waals surface area contributed by atoms with Gasteiger partial charge in [0.05, 0.1) is 23.5 Å². The van der Waals surface area contributed by atoms with Crippen LogP contribution in [-0.4, -0.2) is 28.3 Å². The van der Waals surface area contributed by atoms with E-state index in [1.807, 2.05) is 12.2 Å². The maximum atomic E-state index is 10.5. The molecule has 2 rings (SSSR count). The zero-order chi connectivity index (χ0) is 9.97. The molecule has 0 saturated heterocycles. The van der Waals surface area contributed by atoms with Gasteiger partial charge in [-0.25, -0.2) is 4.79 Å². The van der Waals surface area contributed by atoms with Crippen LogP contribution in [0.25, 0.3) is 0 Å². The van der Waals surface area contributed by atoms with Gasteiger partial charge in [-0.1, -0.05) is 6.08 Å². The number of nitrogens with zero attached hydrogens (tertiary/aromatic N) is 2. The van der Waals surface area contributed by atoms with Crippen LogP contribution in [0.2, 0.25) is 0 Å². The highest BCUT2D eigenvalue weighted by Crippen LogP contribution is 2.06. The summed E-state index contributed by atoms with van der Waals surface area (Å²) in [6.07, 6.45) is 5.15. The fraction of sp³-hybridized carbons (Fsp3) is 0.100. The van der Waals surface area contributed by atoms with Gasteiger partial charge in [-0.15, -0.1) is 0 Å². The summed E-state index contributed by atoms with van der Waals surface area (Å²) in [5.74, 6) is -0.965. The molecule has 14 heavy (non-hydrogen) atoms. The molecule has 0 spiro atoms. The summed E-state index contributed by atoms with van der Waals surface area (Å²) >= 11 is 0. The van der Waals surface area contributed by atoms with E-state index >= 15 is 0 Å². The molecule has 1 aliphatic rings. The first-order valence-corrected chi connectivity index (χ1v) is 4.18. The molecule has 0 unspecified atom stereocenters. The summed E-state index contributed by atoms with van der Waals surface area (Å²) in [5.41, 5.74) is 1.71. The van der Waals surface area contributed by atoms with Gasteiger partial charge >= 0.3 is 5.97 Å². The number of allylic oxidation sites excluding steroid dienone is 1. The van der Waals surface area contributed by atoms with Crippen molar-refractivity contribution in [2.24, 2.45) is 4.99 Å². The van der Waals surface area contributed by atoms with Gasteiger partial charge in [0.25, 0.3) is 0 Å². The normalized spacial score (nSPS) is 14.1. The predicted molar refractivity (Wildman–Crippen MR) is 51.7 cm³/mol. The minimum absolute atomic E-state index is 0.191. The Balaban J connectivity index is 2.30. The van der Waals surface area contributed by atoms with Gasteiger partial charge in [-0.05, 0) is 18.2 Å². The van der Waals surface area contributed by atoms with Crippen molar-refractivity contribution in [3.63, 3.8) is 0 Å². The van der Waals surface area contributed by atoms with Crippen molar-refractivity contribution in [2.45, 2.75) is 0 Å². The van der Waals surface area contributed by atoms with E-state index in [1.165, 1.54) is 12.3 Å². The third kappa shape index (κ3) is 1.54. The molecule has 4 nitrogen and oxygen atoms in total. The van der Waals surface area contributed by atoms with Crippen molar-refractivity contribution in [3.05, 3.63) is 41.7 Å². The molecule has 0 radical (unpaired) electrons. The first-order chi connectivity index (χ1) is 6.77. The summed E-state index contributed by atoms with van der Waals surface area (Å²) < 4.78 is 0. The van der Waals surface area contributed by atoms with Crippen molar-refractivity contribution in [2.75, 3.05) is 6.54 Å². The molecule has 0 aromatic carbocycles. The lowest BCUT2D eigenvalue weighted by molar-refractivity contribution is 0.0696. The average molecular weight is 188 g/mol. The lowest BCUT2D eigenvalue weighted by Crippen LogP contribution is -2.02. The highest BCUT2D eigenvalue weighted by atomic mass is 16.4. The number of carboxylic acid groups (broad SMARTS) is 1. The van der Waals surface area contributed by atoms with Crippen LogP contribution in [-0.2, 0) is 0 Å². The summed E-state index contributed by atoms with van der Waals surface area (Å²) in [6, 6.07) is 3.19. The maximum absolute atomic E-state index is 10.5. The Morgan fingerprint density at radius 3 is 2.79 bits per heavy atom. The first-order valence-electron chi connectivity index (χ1n) is 4.18. The Bertz CT molecular complexity index is 418. The smallest absolute Gasteiger partial charge is 0.337 e. The minimum Gasteiger partial charge on any atom is -0.478 e. The van der Waals surface area contributed by atoms with Gasteiger partial charge in [0, 0.05) is 6.20 Å². The fourth-order valence-electron chi connectivity index (χ4n) is 1.21. The number of carbonyl (C=O) groups is 1. The molecule has 0 amide bonds. The van der Waals surface area contributed by atoms with Crippen LogP contribution in [0.5, 0.6) is 0 Å². The van der Waals surface area contributed by atoms with Gasteiger partial charge < -0.3 is 5.11 Å². The lowest BCUT2D eigenvalue weighted by Gasteiger charge is -1.98. The standard InChI is InChI=1S/C10H8N2O2/c13-10(14)7-3-4-9(12-6-7)8-2-1-5-11-8/h1-4,6H,5H2,(H,13,14). The molecule has 0 bridgehead atoms. The minimum atomic E-state index is -0.965. The largest absolute Gasteiger partial charge is 0.478 e. The summed E-state index contributed by atoms with van der Waals surface area (Å²) in [6.45, 7) is 0.678. The van der Waals surface area contributed by atoms with E-state index in [9.17, 15) is 4.79 Å². The van der Waals surface area contributed by atoms with E-state index in [1.54, 1.807) is 6.07 Å². The summed E-state index contributed by atoms with van der Waals surface area (Å²) in [7, 11) is 0. The van der Waals surface area contributed by atoms with Crippen molar-refractivity contribution in [1.29, 1.82) is 0 Å². The third-order valence-electron chi connectivity index (χ3n) is 1.92. The Labute approximate surface area is 80.6 Å². The number of aromatic nitrogens is 1. The molecule has 1 aromatic heterocycles. The van der Waals surface area contributed by atoms with Crippen LogP contribution in [0.1, 0.15) is 16.1 Å². The van der Waals surface area contributed by atoms with Crippen molar-refractivity contribution in [3.8, 4) is 0 Å². The zero-order valence-electron chi connectivity index (χ0n) is 7.34. The van der Waals surface area contributed by atoms with Crippen LogP contribution < -0.4 is 0 Å². The molecular weight excluding hydrogens is 180 g/mol. The molecule has 0 aliphatic carbocycles. The number of aromatic carboxylic acids is 1. The predicted octanol–water partition coefficient (Wildman–Crippen LogP) is 1.14. The number of pyridine rings is 1. The quantitative estimate of drug-likeness (QED) is 0.756. The second-order valence-electron chi connectivity index (χ2n) is 2.87. The van der Waals surface area contributed by atoms with Gasteiger partial charge in [0.15, 0.2) is 0 Å². The van der Waals surface area contributed by atoms with Crippen LogP contribution in [0, 0.1) is 0 Å². The molecule has 2 heterocycles. The van der Waals surface area contributed by atoms with Crippen LogP contribution in [0.15, 0.2) is 35.5 Å². The summed E-state index contributed by atoms with van der Waals surface area (Å²) in [4.78, 5) is 18.7. The van der Waals surface area contributed by atoms with Gasteiger partial charge in [0.1, 0.15) is 0 Å². The monoisotopic (exact) mass is 188 g/mol. The second-order valence-corrected chi connectivity index (χ2v) is 2.87. The molecular formula is C10H8N2O2. The first kappa shape index (κ1) is 8.62. The Hall–Kier alpha value is -1.97. The van der Waals surface area contributed by atoms with Gasteiger partial charge in [0.2, 0.25) is 0 Å². The highest BCUT2D eigenvalue weighted by Gasteiger charge is 2.07. The molecule has 0 saturated carbocycles. The molecule has 4 heteroatoms. The number of carboxylic acids is 1. The van der Waals surface area contributed by atoms with E-state index in [2.05, 4.69) is 9.98 Å². The number of aliphatic imine (C=N–C) groups is 1. The number of rotatable bonds is 2. The molecule has 0 fully saturated rings. The highest BCUT2D eigenvalue weighted by molar-refractivity contribution is 6.08. The Kier molecular flexibility index (Phi) is 2.10. The molecule has 70 valence electrons. The molecule has 1 aliphatic heterocycles. The Morgan fingerprint density at radius 1 is 1.43 bits per heavy atom. The van der Waals surface area contributed by atoms with Crippen molar-refractivity contribution in [1.82, 2.24) is 4.98 Å². The molecule has 1 N–H and O–H groups in total. The van der Waals surface area contributed by atoms with E-state index in [0.29, 0.717) is 12.2 Å². The summed E-state index contributed by atoms with van der Waals surface area (Å²) in [5, 5.41) is 8.66. The van der Waals surface area contributed by atoms with E-state index in [4.69, 9.17) is 5.11 Å². The third-order valence-corrected chi connectivity index (χ3v) is 1.92. The van der Waals surface area contributed by atoms with E-state index in [0.717, 1.165) is 5.71 Å². The second kappa shape index (κ2) is 3.41. The Morgan fingerprint density at radius 2 is 2.29 bits per heavy atom.